The summed E-state index contributed by atoms with van der Waals surface area (Å²) in [5.74, 6) is 0.699. The highest BCUT2D eigenvalue weighted by Crippen LogP contribution is 2.37. The zero-order valence-electron chi connectivity index (χ0n) is 11.3. The third-order valence-electron chi connectivity index (χ3n) is 3.92. The highest BCUT2D eigenvalue weighted by atomic mass is 35.5. The molecule has 1 saturated carbocycles. The fourth-order valence-electron chi connectivity index (χ4n) is 2.43. The largest absolute Gasteiger partial charge is 0.313 e. The van der Waals surface area contributed by atoms with Crippen LogP contribution in [0.1, 0.15) is 31.2 Å². The number of rotatable bonds is 6. The third-order valence-corrected chi connectivity index (χ3v) is 4.16. The van der Waals surface area contributed by atoms with Crippen molar-refractivity contribution < 1.29 is 0 Å². The van der Waals surface area contributed by atoms with Crippen molar-refractivity contribution in [3.8, 4) is 0 Å². The Kier molecular flexibility index (Phi) is 5.04. The molecule has 1 N–H and O–H groups in total. The molecule has 0 unspecified atom stereocenters. The molecule has 0 aliphatic heterocycles. The summed E-state index contributed by atoms with van der Waals surface area (Å²) in [7, 11) is 2.16. The Morgan fingerprint density at radius 2 is 2.17 bits per heavy atom. The van der Waals surface area contributed by atoms with Crippen molar-refractivity contribution in [1.29, 1.82) is 0 Å². The molecule has 0 heterocycles. The van der Waals surface area contributed by atoms with Crippen molar-refractivity contribution in [1.82, 2.24) is 10.2 Å². The maximum Gasteiger partial charge on any atom is 0.0408 e. The molecular formula is C15H23ClN2. The molecule has 1 fully saturated rings. The van der Waals surface area contributed by atoms with Crippen LogP contribution < -0.4 is 5.32 Å². The Bertz CT molecular complexity index is 375. The topological polar surface area (TPSA) is 15.3 Å². The van der Waals surface area contributed by atoms with Crippen LogP contribution in [0.2, 0.25) is 5.02 Å². The van der Waals surface area contributed by atoms with Crippen LogP contribution in [0, 0.1) is 0 Å². The molecule has 3 heteroatoms. The van der Waals surface area contributed by atoms with Gasteiger partial charge in [0.25, 0.3) is 0 Å². The van der Waals surface area contributed by atoms with Gasteiger partial charge in [0, 0.05) is 24.2 Å². The molecule has 1 aromatic carbocycles. The second-order valence-electron chi connectivity index (χ2n) is 5.27. The monoisotopic (exact) mass is 266 g/mol. The van der Waals surface area contributed by atoms with Crippen molar-refractivity contribution in [2.24, 2.45) is 0 Å². The molecule has 0 bridgehead atoms. The molecule has 0 aromatic heterocycles. The lowest BCUT2D eigenvalue weighted by molar-refractivity contribution is 0.270. The minimum Gasteiger partial charge on any atom is -0.313 e. The van der Waals surface area contributed by atoms with Gasteiger partial charge in [0.15, 0.2) is 0 Å². The van der Waals surface area contributed by atoms with Gasteiger partial charge in [0.05, 0.1) is 0 Å². The van der Waals surface area contributed by atoms with E-state index in [-0.39, 0.29) is 0 Å². The van der Waals surface area contributed by atoms with Gasteiger partial charge in [0.2, 0.25) is 0 Å². The van der Waals surface area contributed by atoms with E-state index in [2.05, 4.69) is 42.4 Å². The number of benzene rings is 1. The van der Waals surface area contributed by atoms with E-state index in [9.17, 15) is 0 Å². The van der Waals surface area contributed by atoms with Crippen molar-refractivity contribution >= 4 is 11.6 Å². The first-order valence-corrected chi connectivity index (χ1v) is 7.24. The highest BCUT2D eigenvalue weighted by Gasteiger charge is 2.29. The van der Waals surface area contributed by atoms with Crippen LogP contribution >= 0.6 is 11.6 Å². The number of nitrogens with one attached hydrogen (secondary N) is 1. The maximum absolute atomic E-state index is 6.02. The number of hydrogen-bond acceptors (Lipinski definition) is 2. The molecule has 0 radical (unpaired) electrons. The number of likely N-dealkylation sites (N-methyl/N-ethyl adjacent to an activating group) is 1. The average molecular weight is 267 g/mol. The normalized spacial score (nSPS) is 23.1. The van der Waals surface area contributed by atoms with Crippen molar-refractivity contribution in [2.75, 3.05) is 26.7 Å². The molecule has 2 rings (SSSR count). The van der Waals surface area contributed by atoms with Crippen LogP contribution in [0.4, 0.5) is 0 Å². The third kappa shape index (κ3) is 3.71. The summed E-state index contributed by atoms with van der Waals surface area (Å²) in [6, 6.07) is 8.99. The molecule has 0 spiro atoms. The Morgan fingerprint density at radius 1 is 1.39 bits per heavy atom. The van der Waals surface area contributed by atoms with E-state index in [1.807, 2.05) is 6.07 Å². The molecule has 2 nitrogen and oxygen atoms in total. The van der Waals surface area contributed by atoms with Crippen molar-refractivity contribution in [2.45, 2.75) is 31.7 Å². The Hall–Kier alpha value is -0.570. The van der Waals surface area contributed by atoms with Gasteiger partial charge >= 0.3 is 0 Å². The van der Waals surface area contributed by atoms with Crippen molar-refractivity contribution in [3.05, 3.63) is 34.9 Å². The lowest BCUT2D eigenvalue weighted by Crippen LogP contribution is -2.43. The average Bonchev–Trinajstić information content (AvgIpc) is 2.31. The van der Waals surface area contributed by atoms with Gasteiger partial charge < -0.3 is 10.2 Å². The predicted molar refractivity (Wildman–Crippen MR) is 78.4 cm³/mol. The van der Waals surface area contributed by atoms with Crippen LogP contribution in [0.15, 0.2) is 24.3 Å². The van der Waals surface area contributed by atoms with E-state index < -0.39 is 0 Å². The van der Waals surface area contributed by atoms with Crippen LogP contribution in [0.5, 0.6) is 0 Å². The SMILES string of the molecule is CCN(C)CCNC1CC(c2cccc(Cl)c2)C1. The van der Waals surface area contributed by atoms with Crippen LogP contribution in [0.3, 0.4) is 0 Å². The predicted octanol–water partition coefficient (Wildman–Crippen LogP) is 3.13. The lowest BCUT2D eigenvalue weighted by atomic mass is 9.76. The quantitative estimate of drug-likeness (QED) is 0.851. The molecule has 0 saturated heterocycles. The van der Waals surface area contributed by atoms with Gasteiger partial charge in [-0.3, -0.25) is 0 Å². The van der Waals surface area contributed by atoms with E-state index in [0.717, 1.165) is 24.7 Å². The van der Waals surface area contributed by atoms with E-state index in [1.165, 1.54) is 18.4 Å². The number of halogens is 1. The first-order chi connectivity index (χ1) is 8.69. The first-order valence-electron chi connectivity index (χ1n) is 6.86. The van der Waals surface area contributed by atoms with Gasteiger partial charge in [-0.05, 0) is 50.0 Å². The minimum atomic E-state index is 0.694. The van der Waals surface area contributed by atoms with Crippen LogP contribution in [0.25, 0.3) is 0 Å². The number of hydrogen-bond donors (Lipinski definition) is 1. The summed E-state index contributed by atoms with van der Waals surface area (Å²) < 4.78 is 0. The Labute approximate surface area is 115 Å². The van der Waals surface area contributed by atoms with Gasteiger partial charge in [-0.1, -0.05) is 30.7 Å². The zero-order valence-corrected chi connectivity index (χ0v) is 12.1. The maximum atomic E-state index is 6.02. The van der Waals surface area contributed by atoms with E-state index in [1.54, 1.807) is 0 Å². The molecule has 1 aromatic rings. The summed E-state index contributed by atoms with van der Waals surface area (Å²) in [5.41, 5.74) is 1.39. The first kappa shape index (κ1) is 13.9. The standard InChI is InChI=1S/C15H23ClN2/c1-3-18(2)8-7-17-15-10-13(11-15)12-5-4-6-14(16)9-12/h4-6,9,13,15,17H,3,7-8,10-11H2,1-2H3. The van der Waals surface area contributed by atoms with E-state index in [4.69, 9.17) is 11.6 Å². The van der Waals surface area contributed by atoms with Crippen LogP contribution in [-0.2, 0) is 0 Å². The van der Waals surface area contributed by atoms with E-state index in [0.29, 0.717) is 12.0 Å². The lowest BCUT2D eigenvalue weighted by Gasteiger charge is -2.36. The Morgan fingerprint density at radius 3 is 2.83 bits per heavy atom. The fourth-order valence-corrected chi connectivity index (χ4v) is 2.63. The summed E-state index contributed by atoms with van der Waals surface area (Å²) in [6.07, 6.45) is 2.49. The fraction of sp³-hybridized carbons (Fsp3) is 0.600. The minimum absolute atomic E-state index is 0.694. The summed E-state index contributed by atoms with van der Waals surface area (Å²) >= 11 is 6.02. The molecule has 100 valence electrons. The Balaban J connectivity index is 1.68. The number of nitrogens with zero attached hydrogens (tertiary/aromatic N) is 1. The summed E-state index contributed by atoms with van der Waals surface area (Å²) in [6.45, 7) is 5.54. The summed E-state index contributed by atoms with van der Waals surface area (Å²) in [4.78, 5) is 2.33. The van der Waals surface area contributed by atoms with Crippen molar-refractivity contribution in [3.63, 3.8) is 0 Å². The smallest absolute Gasteiger partial charge is 0.0408 e. The van der Waals surface area contributed by atoms with Gasteiger partial charge in [-0.2, -0.15) is 0 Å². The van der Waals surface area contributed by atoms with Gasteiger partial charge in [0.1, 0.15) is 0 Å². The molecule has 18 heavy (non-hydrogen) atoms. The van der Waals surface area contributed by atoms with E-state index >= 15 is 0 Å². The molecular weight excluding hydrogens is 244 g/mol. The molecule has 1 aliphatic rings. The molecule has 0 amide bonds. The molecule has 1 aliphatic carbocycles. The highest BCUT2D eigenvalue weighted by molar-refractivity contribution is 6.30. The van der Waals surface area contributed by atoms with Gasteiger partial charge in [-0.15, -0.1) is 0 Å². The second-order valence-corrected chi connectivity index (χ2v) is 5.71. The van der Waals surface area contributed by atoms with Crippen LogP contribution in [-0.4, -0.2) is 37.6 Å². The second kappa shape index (κ2) is 6.55. The molecule has 0 atom stereocenters. The zero-order chi connectivity index (χ0) is 13.0. The summed E-state index contributed by atoms with van der Waals surface area (Å²) in [5, 5.41) is 4.48. The van der Waals surface area contributed by atoms with Gasteiger partial charge in [-0.25, -0.2) is 0 Å².